The summed E-state index contributed by atoms with van der Waals surface area (Å²) in [5.41, 5.74) is 2.08. The molecule has 17 heavy (non-hydrogen) atoms. The number of pyridine rings is 1. The van der Waals surface area contributed by atoms with Gasteiger partial charge in [-0.2, -0.15) is 11.8 Å². The first-order valence-electron chi connectivity index (χ1n) is 5.01. The molecule has 0 aliphatic rings. The molecule has 0 atom stereocenters. The number of nitrogens with one attached hydrogen (secondary N) is 2. The zero-order valence-electron chi connectivity index (χ0n) is 9.97. The van der Waals surface area contributed by atoms with E-state index in [-0.39, 0.29) is 16.4 Å². The summed E-state index contributed by atoms with van der Waals surface area (Å²) < 4.78 is 26.4. The first-order chi connectivity index (χ1) is 7.89. The van der Waals surface area contributed by atoms with E-state index in [4.69, 9.17) is 5.84 Å². The molecular weight excluding hydrogens is 246 g/mol. The van der Waals surface area contributed by atoms with Crippen LogP contribution < -0.4 is 16.6 Å². The first-order valence-corrected chi connectivity index (χ1v) is 6.24. The van der Waals surface area contributed by atoms with Gasteiger partial charge in [-0.15, -0.1) is 0 Å². The van der Waals surface area contributed by atoms with Crippen molar-refractivity contribution in [2.45, 2.75) is 18.6 Å². The summed E-state index contributed by atoms with van der Waals surface area (Å²) in [6.45, 7) is 4.52. The number of hydrazine groups is 1. The molecular formula is C10H16F2N4S. The van der Waals surface area contributed by atoms with Crippen LogP contribution in [0.2, 0.25) is 0 Å². The highest BCUT2D eigenvalue weighted by Crippen LogP contribution is 2.23. The van der Waals surface area contributed by atoms with Crippen molar-refractivity contribution < 1.29 is 8.78 Å². The Morgan fingerprint density at radius 2 is 1.94 bits per heavy atom. The van der Waals surface area contributed by atoms with Crippen molar-refractivity contribution in [1.29, 1.82) is 0 Å². The summed E-state index contributed by atoms with van der Waals surface area (Å²) in [5, 5.41) is 2.84. The number of thioether (sulfide) groups is 1. The van der Waals surface area contributed by atoms with E-state index in [9.17, 15) is 8.78 Å². The molecule has 0 bridgehead atoms. The molecule has 1 rings (SSSR count). The lowest BCUT2D eigenvalue weighted by Gasteiger charge is -2.22. The van der Waals surface area contributed by atoms with Crippen molar-refractivity contribution in [2.24, 2.45) is 5.84 Å². The van der Waals surface area contributed by atoms with Gasteiger partial charge in [0.15, 0.2) is 23.3 Å². The minimum Gasteiger partial charge on any atom is -0.366 e. The van der Waals surface area contributed by atoms with E-state index in [0.29, 0.717) is 6.54 Å². The summed E-state index contributed by atoms with van der Waals surface area (Å²) in [5.74, 6) is 3.32. The van der Waals surface area contributed by atoms with Crippen molar-refractivity contribution in [1.82, 2.24) is 4.98 Å². The van der Waals surface area contributed by atoms with Crippen molar-refractivity contribution >= 4 is 23.4 Å². The average Bonchev–Trinajstić information content (AvgIpc) is 2.28. The lowest BCUT2D eigenvalue weighted by atomic mass is 10.2. The zero-order valence-corrected chi connectivity index (χ0v) is 10.8. The number of anilines is 2. The second kappa shape index (κ2) is 5.50. The van der Waals surface area contributed by atoms with Gasteiger partial charge >= 0.3 is 0 Å². The summed E-state index contributed by atoms with van der Waals surface area (Å²) in [6.07, 6.45) is 1.96. The van der Waals surface area contributed by atoms with Crippen LogP contribution in [0.25, 0.3) is 0 Å². The van der Waals surface area contributed by atoms with Crippen molar-refractivity contribution in [2.75, 3.05) is 23.5 Å². The number of nitrogens with zero attached hydrogens (tertiary/aromatic N) is 1. The van der Waals surface area contributed by atoms with Gasteiger partial charge in [0.25, 0.3) is 0 Å². The Kier molecular flexibility index (Phi) is 4.53. The monoisotopic (exact) mass is 262 g/mol. The highest BCUT2D eigenvalue weighted by Gasteiger charge is 2.18. The van der Waals surface area contributed by atoms with E-state index in [1.54, 1.807) is 11.8 Å². The van der Waals surface area contributed by atoms with Crippen LogP contribution in [0.1, 0.15) is 13.8 Å². The molecule has 0 aromatic carbocycles. The molecule has 96 valence electrons. The summed E-state index contributed by atoms with van der Waals surface area (Å²) in [6, 6.07) is 0.747. The summed E-state index contributed by atoms with van der Waals surface area (Å²) in [4.78, 5) is 3.72. The lowest BCUT2D eigenvalue weighted by molar-refractivity contribution is 0.577. The first kappa shape index (κ1) is 14.0. The van der Waals surface area contributed by atoms with E-state index in [1.165, 1.54) is 0 Å². The van der Waals surface area contributed by atoms with Crippen LogP contribution in [0.15, 0.2) is 6.07 Å². The largest absolute Gasteiger partial charge is 0.366 e. The molecule has 0 fully saturated rings. The maximum Gasteiger partial charge on any atom is 0.178 e. The Morgan fingerprint density at radius 3 is 2.47 bits per heavy atom. The molecule has 0 aliphatic heterocycles. The van der Waals surface area contributed by atoms with Crippen molar-refractivity contribution in [3.8, 4) is 0 Å². The number of nitrogens with two attached hydrogens (primary N) is 1. The van der Waals surface area contributed by atoms with E-state index >= 15 is 0 Å². The van der Waals surface area contributed by atoms with Crippen LogP contribution in [0, 0.1) is 11.6 Å². The Hall–Kier alpha value is -1.08. The molecule has 1 aromatic heterocycles. The number of aromatic nitrogens is 1. The number of rotatable bonds is 5. The van der Waals surface area contributed by atoms with E-state index < -0.39 is 11.6 Å². The maximum atomic E-state index is 13.4. The van der Waals surface area contributed by atoms with Gasteiger partial charge in [0.1, 0.15) is 0 Å². The van der Waals surface area contributed by atoms with Gasteiger partial charge in [-0.05, 0) is 20.1 Å². The van der Waals surface area contributed by atoms with Gasteiger partial charge in [0.05, 0.1) is 0 Å². The second-order valence-corrected chi connectivity index (χ2v) is 5.62. The Morgan fingerprint density at radius 1 is 1.35 bits per heavy atom. The predicted molar refractivity (Wildman–Crippen MR) is 68.0 cm³/mol. The smallest absolute Gasteiger partial charge is 0.178 e. The van der Waals surface area contributed by atoms with Crippen LogP contribution in [-0.2, 0) is 0 Å². The second-order valence-electron chi connectivity index (χ2n) is 4.11. The van der Waals surface area contributed by atoms with Gasteiger partial charge in [0, 0.05) is 17.4 Å². The van der Waals surface area contributed by atoms with Crippen LogP contribution >= 0.6 is 11.8 Å². The van der Waals surface area contributed by atoms with Crippen LogP contribution in [0.5, 0.6) is 0 Å². The fraction of sp³-hybridized carbons (Fsp3) is 0.500. The summed E-state index contributed by atoms with van der Waals surface area (Å²) >= 11 is 1.64. The minimum absolute atomic E-state index is 0.0125. The molecule has 4 nitrogen and oxygen atoms in total. The number of nitrogen functional groups attached to an aromatic ring is 1. The standard InChI is InChI=1S/C10H16F2N4S/c1-10(2,17-3)5-14-8-6(11)4-7(12)9(15-8)16-13/h4H,5,13H2,1-3H3,(H2,14,15,16). The van der Waals surface area contributed by atoms with Gasteiger partial charge in [-0.3, -0.25) is 0 Å². The Bertz CT molecular complexity index is 398. The maximum absolute atomic E-state index is 13.4. The molecule has 0 unspecified atom stereocenters. The molecule has 0 spiro atoms. The third-order valence-electron chi connectivity index (χ3n) is 2.30. The fourth-order valence-electron chi connectivity index (χ4n) is 1.06. The molecule has 4 N–H and O–H groups in total. The Labute approximate surface area is 103 Å². The minimum atomic E-state index is -0.820. The molecule has 1 aromatic rings. The van der Waals surface area contributed by atoms with Gasteiger partial charge < -0.3 is 10.7 Å². The Balaban J connectivity index is 2.84. The normalized spacial score (nSPS) is 11.4. The SMILES string of the molecule is CSC(C)(C)CNc1nc(NN)c(F)cc1F. The third kappa shape index (κ3) is 3.71. The lowest BCUT2D eigenvalue weighted by Crippen LogP contribution is -2.27. The molecule has 7 heteroatoms. The highest BCUT2D eigenvalue weighted by molar-refractivity contribution is 7.99. The van der Waals surface area contributed by atoms with E-state index in [1.807, 2.05) is 20.1 Å². The molecule has 0 saturated carbocycles. The van der Waals surface area contributed by atoms with Crippen LogP contribution in [-0.4, -0.2) is 22.5 Å². The quantitative estimate of drug-likeness (QED) is 0.561. The van der Waals surface area contributed by atoms with Gasteiger partial charge in [-0.1, -0.05) is 0 Å². The topological polar surface area (TPSA) is 63.0 Å². The van der Waals surface area contributed by atoms with E-state index in [2.05, 4.69) is 15.7 Å². The predicted octanol–water partition coefficient (Wildman–Crippen LogP) is 2.20. The molecule has 1 heterocycles. The average molecular weight is 262 g/mol. The molecule has 0 saturated heterocycles. The zero-order chi connectivity index (χ0) is 13.1. The van der Waals surface area contributed by atoms with E-state index in [0.717, 1.165) is 6.07 Å². The van der Waals surface area contributed by atoms with Crippen LogP contribution in [0.4, 0.5) is 20.4 Å². The molecule has 0 aliphatic carbocycles. The van der Waals surface area contributed by atoms with Crippen molar-refractivity contribution in [3.63, 3.8) is 0 Å². The summed E-state index contributed by atoms with van der Waals surface area (Å²) in [7, 11) is 0. The van der Waals surface area contributed by atoms with Crippen molar-refractivity contribution in [3.05, 3.63) is 17.7 Å². The third-order valence-corrected chi connectivity index (χ3v) is 3.55. The number of halogens is 2. The number of hydrogen-bond donors (Lipinski definition) is 3. The highest BCUT2D eigenvalue weighted by atomic mass is 32.2. The molecule has 0 amide bonds. The van der Waals surface area contributed by atoms with Gasteiger partial charge in [0.2, 0.25) is 0 Å². The van der Waals surface area contributed by atoms with Gasteiger partial charge in [-0.25, -0.2) is 19.6 Å². The fourth-order valence-corrected chi connectivity index (χ4v) is 1.28. The molecule has 0 radical (unpaired) electrons. The number of hydrogen-bond acceptors (Lipinski definition) is 5. The van der Waals surface area contributed by atoms with Crippen LogP contribution in [0.3, 0.4) is 0 Å².